The number of nitrogens with zero attached hydrogens (tertiary/aromatic N) is 1. The predicted octanol–water partition coefficient (Wildman–Crippen LogP) is 3.74. The molecule has 0 bridgehead atoms. The molecule has 1 heterocycles. The second kappa shape index (κ2) is 11.5. The number of rotatable bonds is 9. The Kier molecular flexibility index (Phi) is 9.34. The third kappa shape index (κ3) is 7.81. The minimum Gasteiger partial charge on any atom is -0.444 e. The maximum absolute atomic E-state index is 13.0. The van der Waals surface area contributed by atoms with Crippen molar-refractivity contribution in [2.24, 2.45) is 0 Å². The summed E-state index contributed by atoms with van der Waals surface area (Å²) < 4.78 is 32.2. The van der Waals surface area contributed by atoms with E-state index in [4.69, 9.17) is 4.74 Å². The normalized spacial score (nSPS) is 16.4. The van der Waals surface area contributed by atoms with E-state index in [2.05, 4.69) is 17.6 Å². The second-order valence-electron chi connectivity index (χ2n) is 10.9. The quantitative estimate of drug-likeness (QED) is 0.478. The van der Waals surface area contributed by atoms with Crippen molar-refractivity contribution in [2.75, 3.05) is 6.54 Å². The van der Waals surface area contributed by atoms with Crippen molar-refractivity contribution in [3.63, 3.8) is 0 Å². The number of carbonyl (C=O) groups is 3. The van der Waals surface area contributed by atoms with Gasteiger partial charge in [-0.2, -0.15) is 0 Å². The zero-order valence-electron chi connectivity index (χ0n) is 22.3. The summed E-state index contributed by atoms with van der Waals surface area (Å²) in [5.74, 6) is -0.906. The summed E-state index contributed by atoms with van der Waals surface area (Å²) in [6.45, 7) is 12.8. The van der Waals surface area contributed by atoms with Crippen molar-refractivity contribution in [3.05, 3.63) is 41.5 Å². The summed E-state index contributed by atoms with van der Waals surface area (Å²) in [6.07, 6.45) is 3.46. The molecule has 1 aliphatic rings. The standard InChI is InChI=1S/C26H39N3O6S/c1-8-9-10-15-27-23(31)20(28-24(32)35-26(5,6)7)16-18-11-13-19(14-12-18)21-17-22(30)29(25(2,3)4)36(21,33)34/h11-14,17,20H,8-10,15-16H2,1-7H3,(H,27,31)(H,28,32)/t20-/m0/s1. The molecular weight excluding hydrogens is 482 g/mol. The van der Waals surface area contributed by atoms with Gasteiger partial charge < -0.3 is 15.4 Å². The summed E-state index contributed by atoms with van der Waals surface area (Å²) in [6, 6.07) is 5.69. The van der Waals surface area contributed by atoms with Gasteiger partial charge in [-0.3, -0.25) is 9.59 Å². The van der Waals surface area contributed by atoms with Gasteiger partial charge in [0.15, 0.2) is 0 Å². The minimum atomic E-state index is -3.98. The Morgan fingerprint density at radius 3 is 2.14 bits per heavy atom. The van der Waals surface area contributed by atoms with Gasteiger partial charge >= 0.3 is 6.09 Å². The molecule has 9 nitrogen and oxygen atoms in total. The molecule has 0 unspecified atom stereocenters. The Bertz CT molecular complexity index is 1100. The minimum absolute atomic E-state index is 0.0638. The number of ether oxygens (including phenoxy) is 1. The van der Waals surface area contributed by atoms with Crippen molar-refractivity contribution in [1.82, 2.24) is 14.9 Å². The molecule has 0 saturated carbocycles. The van der Waals surface area contributed by atoms with Gasteiger partial charge in [-0.1, -0.05) is 44.0 Å². The number of sulfonamides is 1. The zero-order chi connectivity index (χ0) is 27.3. The summed E-state index contributed by atoms with van der Waals surface area (Å²) in [5, 5.41) is 5.50. The third-order valence-electron chi connectivity index (χ3n) is 5.35. The van der Waals surface area contributed by atoms with E-state index < -0.39 is 39.2 Å². The number of benzene rings is 1. The van der Waals surface area contributed by atoms with Gasteiger partial charge in [0.2, 0.25) is 5.91 Å². The lowest BCUT2D eigenvalue weighted by Gasteiger charge is -2.30. The lowest BCUT2D eigenvalue weighted by Crippen LogP contribution is -2.49. The van der Waals surface area contributed by atoms with E-state index in [0.717, 1.165) is 29.6 Å². The fraction of sp³-hybridized carbons (Fsp3) is 0.577. The van der Waals surface area contributed by atoms with E-state index in [1.165, 1.54) is 0 Å². The average molecular weight is 522 g/mol. The molecule has 0 fully saturated rings. The maximum Gasteiger partial charge on any atom is 0.408 e. The number of amides is 3. The Morgan fingerprint density at radius 2 is 1.64 bits per heavy atom. The monoisotopic (exact) mass is 521 g/mol. The molecule has 200 valence electrons. The zero-order valence-corrected chi connectivity index (χ0v) is 23.1. The molecular formula is C26H39N3O6S. The first-order chi connectivity index (χ1) is 16.6. The Labute approximate surface area is 214 Å². The summed E-state index contributed by atoms with van der Waals surface area (Å²) in [7, 11) is -3.98. The number of carbonyl (C=O) groups excluding carboxylic acids is 3. The van der Waals surface area contributed by atoms with Crippen LogP contribution < -0.4 is 10.6 Å². The lowest BCUT2D eigenvalue weighted by molar-refractivity contribution is -0.124. The third-order valence-corrected chi connectivity index (χ3v) is 7.47. The van der Waals surface area contributed by atoms with Gasteiger partial charge in [-0.15, -0.1) is 0 Å². The van der Waals surface area contributed by atoms with Crippen molar-refractivity contribution in [3.8, 4) is 0 Å². The van der Waals surface area contributed by atoms with Gasteiger partial charge in [-0.05, 0) is 59.1 Å². The number of nitrogens with one attached hydrogen (secondary N) is 2. The first kappa shape index (κ1) is 29.4. The first-order valence-corrected chi connectivity index (χ1v) is 13.7. The molecule has 1 aromatic rings. The highest BCUT2D eigenvalue weighted by Gasteiger charge is 2.44. The molecule has 2 N–H and O–H groups in total. The average Bonchev–Trinajstić information content (AvgIpc) is 2.98. The second-order valence-corrected chi connectivity index (χ2v) is 12.6. The van der Waals surface area contributed by atoms with Crippen LogP contribution in [0.2, 0.25) is 0 Å². The Balaban J connectivity index is 2.21. The van der Waals surface area contributed by atoms with E-state index >= 15 is 0 Å². The maximum atomic E-state index is 13.0. The van der Waals surface area contributed by atoms with Crippen LogP contribution in [0.3, 0.4) is 0 Å². The van der Waals surface area contributed by atoms with Gasteiger partial charge in [0, 0.05) is 19.0 Å². The van der Waals surface area contributed by atoms with Crippen molar-refractivity contribution in [1.29, 1.82) is 0 Å². The molecule has 0 radical (unpaired) electrons. The smallest absolute Gasteiger partial charge is 0.408 e. The topological polar surface area (TPSA) is 122 Å². The van der Waals surface area contributed by atoms with Crippen LogP contribution in [0.4, 0.5) is 4.79 Å². The number of hydrogen-bond acceptors (Lipinski definition) is 6. The highest BCUT2D eigenvalue weighted by Crippen LogP contribution is 2.35. The number of alkyl carbamates (subject to hydrolysis) is 1. The molecule has 2 rings (SSSR count). The highest BCUT2D eigenvalue weighted by atomic mass is 32.2. The van der Waals surface area contributed by atoms with Gasteiger partial charge in [0.25, 0.3) is 15.9 Å². The van der Waals surface area contributed by atoms with Gasteiger partial charge in [-0.25, -0.2) is 17.5 Å². The highest BCUT2D eigenvalue weighted by molar-refractivity contribution is 7.99. The van der Waals surface area contributed by atoms with E-state index in [0.29, 0.717) is 17.7 Å². The van der Waals surface area contributed by atoms with Crippen LogP contribution in [-0.4, -0.2) is 54.4 Å². The van der Waals surface area contributed by atoms with E-state index in [-0.39, 0.29) is 17.2 Å². The summed E-state index contributed by atoms with van der Waals surface area (Å²) >= 11 is 0. The van der Waals surface area contributed by atoms with Crippen LogP contribution in [0.1, 0.15) is 78.9 Å². The van der Waals surface area contributed by atoms with Crippen LogP contribution in [0.25, 0.3) is 4.91 Å². The Morgan fingerprint density at radius 1 is 1.03 bits per heavy atom. The largest absolute Gasteiger partial charge is 0.444 e. The van der Waals surface area contributed by atoms with Crippen molar-refractivity contribution < 1.29 is 27.5 Å². The van der Waals surface area contributed by atoms with Crippen LogP contribution in [0.15, 0.2) is 30.3 Å². The van der Waals surface area contributed by atoms with E-state index in [9.17, 15) is 22.8 Å². The van der Waals surface area contributed by atoms with Gasteiger partial charge in [0.1, 0.15) is 16.5 Å². The number of hydrogen-bond donors (Lipinski definition) is 2. The fourth-order valence-electron chi connectivity index (χ4n) is 3.80. The summed E-state index contributed by atoms with van der Waals surface area (Å²) in [4.78, 5) is 37.5. The predicted molar refractivity (Wildman–Crippen MR) is 139 cm³/mol. The molecule has 0 aromatic heterocycles. The molecule has 36 heavy (non-hydrogen) atoms. The molecule has 0 saturated heterocycles. The Hall–Kier alpha value is -2.88. The van der Waals surface area contributed by atoms with Crippen LogP contribution in [0.5, 0.6) is 0 Å². The first-order valence-electron chi connectivity index (χ1n) is 12.2. The van der Waals surface area contributed by atoms with Crippen LogP contribution in [-0.2, 0) is 30.8 Å². The van der Waals surface area contributed by atoms with Gasteiger partial charge in [0.05, 0.1) is 5.54 Å². The van der Waals surface area contributed by atoms with Crippen LogP contribution >= 0.6 is 0 Å². The fourth-order valence-corrected chi connectivity index (χ4v) is 5.69. The van der Waals surface area contributed by atoms with Crippen molar-refractivity contribution in [2.45, 2.75) is 91.3 Å². The molecule has 1 aromatic carbocycles. The molecule has 1 aliphatic heterocycles. The summed E-state index contributed by atoms with van der Waals surface area (Å²) in [5.41, 5.74) is -0.524. The molecule has 3 amide bonds. The molecule has 10 heteroatoms. The van der Waals surface area contributed by atoms with E-state index in [1.807, 2.05) is 0 Å². The van der Waals surface area contributed by atoms with Crippen LogP contribution in [0, 0.1) is 0 Å². The SMILES string of the molecule is CCCCCNC(=O)[C@H](Cc1ccc(C2=CC(=O)N(C(C)(C)C)S2(=O)=O)cc1)NC(=O)OC(C)(C)C. The molecule has 1 atom stereocenters. The van der Waals surface area contributed by atoms with E-state index in [1.54, 1.807) is 65.8 Å². The molecule has 0 spiro atoms. The van der Waals surface area contributed by atoms with Crippen molar-refractivity contribution >= 4 is 32.8 Å². The molecule has 0 aliphatic carbocycles. The number of unbranched alkanes of at least 4 members (excludes halogenated alkanes) is 2. The lowest BCUT2D eigenvalue weighted by atomic mass is 10.0.